The van der Waals surface area contributed by atoms with Gasteiger partial charge in [0.2, 0.25) is 0 Å². The molecular weight excluding hydrogens is 492 g/mol. The molecule has 194 valence electrons. The molecule has 0 atom stereocenters. The number of carboxylic acids is 2. The van der Waals surface area contributed by atoms with E-state index < -0.39 is 11.9 Å². The van der Waals surface area contributed by atoms with Crippen LogP contribution in [0.5, 0.6) is 11.5 Å². The molecule has 1 aromatic heterocycles. The monoisotopic (exact) mass is 520 g/mol. The summed E-state index contributed by atoms with van der Waals surface area (Å²) in [7, 11) is 3.04. The van der Waals surface area contributed by atoms with Gasteiger partial charge >= 0.3 is 11.9 Å². The first-order valence-electron chi connectivity index (χ1n) is 10.9. The van der Waals surface area contributed by atoms with Gasteiger partial charge in [-0.15, -0.1) is 11.3 Å². The van der Waals surface area contributed by atoms with Gasteiger partial charge in [-0.1, -0.05) is 0 Å². The highest BCUT2D eigenvalue weighted by molar-refractivity contribution is 7.14. The van der Waals surface area contributed by atoms with Crippen LogP contribution in [0.4, 0.5) is 5.13 Å². The highest BCUT2D eigenvalue weighted by atomic mass is 32.1. The summed E-state index contributed by atoms with van der Waals surface area (Å²) < 4.78 is 10.4. The van der Waals surface area contributed by atoms with Gasteiger partial charge in [-0.25, -0.2) is 14.6 Å². The number of carboxylic acid groups (broad SMARTS) is 2. The number of carbonyl (C=O) groups excluding carboxylic acids is 2. The van der Waals surface area contributed by atoms with Crippen LogP contribution in [0.3, 0.4) is 0 Å². The maximum atomic E-state index is 12.4. The number of aliphatic carboxylic acids is 2. The van der Waals surface area contributed by atoms with E-state index in [0.29, 0.717) is 46.6 Å². The van der Waals surface area contributed by atoms with Gasteiger partial charge in [0.15, 0.2) is 16.6 Å². The third-order valence-corrected chi connectivity index (χ3v) is 5.64. The molecule has 1 saturated heterocycles. The van der Waals surface area contributed by atoms with E-state index >= 15 is 0 Å². The highest BCUT2D eigenvalue weighted by Gasteiger charge is 2.16. The van der Waals surface area contributed by atoms with Gasteiger partial charge < -0.3 is 29.9 Å². The fraction of sp³-hybridized carbons (Fsp3) is 0.348. The number of aromatic nitrogens is 1. The average molecular weight is 521 g/mol. The fourth-order valence-electron chi connectivity index (χ4n) is 3.15. The number of rotatable bonds is 10. The van der Waals surface area contributed by atoms with Gasteiger partial charge in [0, 0.05) is 36.2 Å². The van der Waals surface area contributed by atoms with Gasteiger partial charge in [0.25, 0.3) is 11.8 Å². The van der Waals surface area contributed by atoms with Crippen molar-refractivity contribution < 1.29 is 38.9 Å². The molecule has 3 rings (SSSR count). The molecule has 2 heterocycles. The Kier molecular flexibility index (Phi) is 11.3. The van der Waals surface area contributed by atoms with Crippen molar-refractivity contribution in [1.29, 1.82) is 0 Å². The topological polar surface area (TPSA) is 167 Å². The minimum atomic E-state index is -1.26. The molecule has 12 nitrogen and oxygen atoms in total. The Morgan fingerprint density at radius 3 is 2.25 bits per heavy atom. The number of likely N-dealkylation sites (tertiary alicyclic amines) is 1. The molecule has 0 bridgehead atoms. The van der Waals surface area contributed by atoms with Crippen LogP contribution in [0.15, 0.2) is 35.7 Å². The summed E-state index contributed by atoms with van der Waals surface area (Å²) in [5.41, 5.74) is 0.707. The number of amides is 2. The third kappa shape index (κ3) is 9.35. The number of hydrogen-bond acceptors (Lipinski definition) is 9. The van der Waals surface area contributed by atoms with Crippen molar-refractivity contribution >= 4 is 40.2 Å². The molecule has 1 aromatic carbocycles. The van der Waals surface area contributed by atoms with E-state index in [1.807, 2.05) is 0 Å². The van der Waals surface area contributed by atoms with Gasteiger partial charge in [-0.3, -0.25) is 14.9 Å². The number of hydrogen-bond donors (Lipinski definition) is 4. The number of nitrogens with zero attached hydrogens (tertiary/aromatic N) is 2. The lowest BCUT2D eigenvalue weighted by atomic mass is 10.2. The van der Waals surface area contributed by atoms with Gasteiger partial charge in [-0.2, -0.15) is 0 Å². The smallest absolute Gasteiger partial charge is 0.328 e. The van der Waals surface area contributed by atoms with Crippen LogP contribution in [0.1, 0.15) is 33.7 Å². The molecule has 4 N–H and O–H groups in total. The first-order valence-corrected chi connectivity index (χ1v) is 11.7. The van der Waals surface area contributed by atoms with Crippen LogP contribution in [-0.4, -0.2) is 84.2 Å². The number of ether oxygens (including phenoxy) is 2. The third-order valence-electron chi connectivity index (χ3n) is 4.88. The summed E-state index contributed by atoms with van der Waals surface area (Å²) in [5.74, 6) is -2.08. The predicted octanol–water partition coefficient (Wildman–Crippen LogP) is 1.95. The van der Waals surface area contributed by atoms with Crippen molar-refractivity contribution in [2.24, 2.45) is 0 Å². The Morgan fingerprint density at radius 1 is 1.03 bits per heavy atom. The molecule has 13 heteroatoms. The predicted molar refractivity (Wildman–Crippen MR) is 132 cm³/mol. The molecule has 1 aliphatic heterocycles. The molecule has 0 saturated carbocycles. The van der Waals surface area contributed by atoms with E-state index in [4.69, 9.17) is 19.7 Å². The number of nitrogens with one attached hydrogen (secondary N) is 2. The molecule has 0 aliphatic carbocycles. The van der Waals surface area contributed by atoms with Crippen LogP contribution < -0.4 is 20.1 Å². The lowest BCUT2D eigenvalue weighted by Crippen LogP contribution is -2.33. The Labute approximate surface area is 211 Å². The van der Waals surface area contributed by atoms with E-state index in [9.17, 15) is 19.2 Å². The molecule has 2 amide bonds. The van der Waals surface area contributed by atoms with Crippen molar-refractivity contribution in [3.8, 4) is 11.5 Å². The molecule has 0 spiro atoms. The molecule has 1 fully saturated rings. The van der Waals surface area contributed by atoms with E-state index in [-0.39, 0.29) is 11.8 Å². The fourth-order valence-corrected chi connectivity index (χ4v) is 3.83. The molecule has 0 radical (unpaired) electrons. The quantitative estimate of drug-likeness (QED) is 0.340. The molecule has 0 unspecified atom stereocenters. The molecule has 2 aromatic rings. The largest absolute Gasteiger partial charge is 0.493 e. The Balaban J connectivity index is 0.000000493. The molecular formula is C23H28N4O8S. The first kappa shape index (κ1) is 28.3. The summed E-state index contributed by atoms with van der Waals surface area (Å²) in [5, 5.41) is 23.2. The van der Waals surface area contributed by atoms with Crippen LogP contribution in [0.2, 0.25) is 0 Å². The van der Waals surface area contributed by atoms with E-state index in [1.165, 1.54) is 38.4 Å². The van der Waals surface area contributed by atoms with Crippen LogP contribution >= 0.6 is 11.3 Å². The number of carbonyl (C=O) groups is 4. The van der Waals surface area contributed by atoms with Crippen LogP contribution in [0.25, 0.3) is 0 Å². The van der Waals surface area contributed by atoms with Crippen molar-refractivity contribution in [2.75, 3.05) is 45.7 Å². The number of benzene rings is 1. The Bertz CT molecular complexity index is 1080. The standard InChI is InChI=1S/C19H24N4O4S.C4H4O4/c1-26-15-6-5-13(11-16(15)27-2)17(24)22-19-21-14(12-28-19)18(25)20-7-10-23-8-3-4-9-23;5-3(6)1-2-4(7)8/h5-6,11-12H,3-4,7-10H2,1-2H3,(H,20,25)(H,21,22,24);1-2H,(H,5,6)(H,7,8). The molecule has 36 heavy (non-hydrogen) atoms. The van der Waals surface area contributed by atoms with Gasteiger partial charge in [0.05, 0.1) is 14.2 Å². The second-order valence-corrected chi connectivity index (χ2v) is 8.23. The number of anilines is 1. The van der Waals surface area contributed by atoms with E-state index in [1.54, 1.807) is 23.6 Å². The summed E-state index contributed by atoms with van der Waals surface area (Å²) >= 11 is 1.21. The average Bonchev–Trinajstić information content (AvgIpc) is 3.55. The zero-order valence-electron chi connectivity index (χ0n) is 19.9. The lowest BCUT2D eigenvalue weighted by molar-refractivity contribution is -0.134. The van der Waals surface area contributed by atoms with Crippen LogP contribution in [-0.2, 0) is 9.59 Å². The molecule has 1 aliphatic rings. The lowest BCUT2D eigenvalue weighted by Gasteiger charge is -2.14. The normalized spacial score (nSPS) is 12.9. The number of thiazole rings is 1. The summed E-state index contributed by atoms with van der Waals surface area (Å²) in [6.07, 6.45) is 3.57. The zero-order valence-corrected chi connectivity index (χ0v) is 20.7. The minimum absolute atomic E-state index is 0.234. The highest BCUT2D eigenvalue weighted by Crippen LogP contribution is 2.28. The van der Waals surface area contributed by atoms with Crippen LogP contribution in [0, 0.1) is 0 Å². The van der Waals surface area contributed by atoms with E-state index in [0.717, 1.165) is 19.6 Å². The Hall–Kier alpha value is -3.97. The van der Waals surface area contributed by atoms with Crippen molar-refractivity contribution in [1.82, 2.24) is 15.2 Å². The van der Waals surface area contributed by atoms with Gasteiger partial charge in [-0.05, 0) is 44.1 Å². The first-order chi connectivity index (χ1) is 17.2. The second-order valence-electron chi connectivity index (χ2n) is 7.38. The van der Waals surface area contributed by atoms with Crippen molar-refractivity contribution in [3.63, 3.8) is 0 Å². The zero-order chi connectivity index (χ0) is 26.5. The maximum Gasteiger partial charge on any atom is 0.328 e. The summed E-state index contributed by atoms with van der Waals surface area (Å²) in [4.78, 5) is 50.3. The summed E-state index contributed by atoms with van der Waals surface area (Å²) in [6, 6.07) is 4.89. The second kappa shape index (κ2) is 14.4. The van der Waals surface area contributed by atoms with E-state index in [2.05, 4.69) is 20.5 Å². The maximum absolute atomic E-state index is 12.4. The van der Waals surface area contributed by atoms with Crippen molar-refractivity contribution in [2.45, 2.75) is 12.8 Å². The van der Waals surface area contributed by atoms with Crippen molar-refractivity contribution in [3.05, 3.63) is 47.0 Å². The minimum Gasteiger partial charge on any atom is -0.493 e. The number of methoxy groups -OCH3 is 2. The Morgan fingerprint density at radius 2 is 1.67 bits per heavy atom. The van der Waals surface area contributed by atoms with Gasteiger partial charge in [0.1, 0.15) is 5.69 Å². The summed E-state index contributed by atoms with van der Waals surface area (Å²) in [6.45, 7) is 3.63. The SMILES string of the molecule is COc1ccc(C(=O)Nc2nc(C(=O)NCCN3CCCC3)cs2)cc1OC.O=C(O)C=CC(=O)O.